The van der Waals surface area contributed by atoms with Crippen LogP contribution in [0.2, 0.25) is 0 Å². The molecule has 0 aromatic carbocycles. The summed E-state index contributed by atoms with van der Waals surface area (Å²) in [6.45, 7) is 6.68. The minimum atomic E-state index is 0.0961. The number of piperazine rings is 1. The number of anilines is 1. The van der Waals surface area contributed by atoms with Crippen LogP contribution >= 0.6 is 0 Å². The lowest BCUT2D eigenvalue weighted by atomic mass is 10.2. The monoisotopic (exact) mass is 274 g/mol. The number of carbonyl (C=O) groups is 1. The molecule has 0 radical (unpaired) electrons. The Balaban J connectivity index is 1.68. The van der Waals surface area contributed by atoms with E-state index in [9.17, 15) is 4.79 Å². The third-order valence-electron chi connectivity index (χ3n) is 4.08. The maximum absolute atomic E-state index is 12.4. The van der Waals surface area contributed by atoms with Gasteiger partial charge in [-0.25, -0.2) is 4.98 Å². The van der Waals surface area contributed by atoms with Crippen LogP contribution in [-0.4, -0.2) is 54.6 Å². The van der Waals surface area contributed by atoms with Crippen molar-refractivity contribution in [2.45, 2.75) is 25.8 Å². The second-order valence-corrected chi connectivity index (χ2v) is 5.71. The maximum atomic E-state index is 12.4. The minimum Gasteiger partial charge on any atom is -0.357 e. The lowest BCUT2D eigenvalue weighted by Gasteiger charge is -2.32. The molecule has 0 aliphatic carbocycles. The average molecular weight is 274 g/mol. The van der Waals surface area contributed by atoms with Gasteiger partial charge in [-0.1, -0.05) is 0 Å². The molecule has 1 aromatic rings. The molecule has 20 heavy (non-hydrogen) atoms. The van der Waals surface area contributed by atoms with Gasteiger partial charge in [-0.2, -0.15) is 0 Å². The molecule has 1 aromatic heterocycles. The topological polar surface area (TPSA) is 48.5 Å². The van der Waals surface area contributed by atoms with Crippen LogP contribution < -0.4 is 10.2 Å². The van der Waals surface area contributed by atoms with Gasteiger partial charge in [0.1, 0.15) is 5.82 Å². The predicted octanol–water partition coefficient (Wildman–Crippen LogP) is 1.12. The van der Waals surface area contributed by atoms with Crippen molar-refractivity contribution in [3.05, 3.63) is 23.9 Å². The molecule has 2 fully saturated rings. The molecule has 2 aliphatic rings. The summed E-state index contributed by atoms with van der Waals surface area (Å²) in [4.78, 5) is 21.1. The summed E-state index contributed by atoms with van der Waals surface area (Å²) in [7, 11) is 0. The number of amides is 1. The van der Waals surface area contributed by atoms with E-state index in [0.29, 0.717) is 11.6 Å². The second-order valence-electron chi connectivity index (χ2n) is 5.71. The fourth-order valence-corrected chi connectivity index (χ4v) is 2.95. The molecular weight excluding hydrogens is 252 g/mol. The number of rotatable bonds is 2. The van der Waals surface area contributed by atoms with Crippen LogP contribution in [0, 0.1) is 0 Å². The summed E-state index contributed by atoms with van der Waals surface area (Å²) in [6, 6.07) is 4.25. The Morgan fingerprint density at radius 3 is 2.75 bits per heavy atom. The number of aromatic nitrogens is 1. The predicted molar refractivity (Wildman–Crippen MR) is 79.1 cm³/mol. The van der Waals surface area contributed by atoms with Crippen molar-refractivity contribution < 1.29 is 4.79 Å². The lowest BCUT2D eigenvalue weighted by molar-refractivity contribution is 0.0708. The Hall–Kier alpha value is -1.62. The quantitative estimate of drug-likeness (QED) is 0.878. The van der Waals surface area contributed by atoms with E-state index in [2.05, 4.69) is 22.1 Å². The van der Waals surface area contributed by atoms with Gasteiger partial charge in [-0.3, -0.25) is 4.79 Å². The zero-order valence-corrected chi connectivity index (χ0v) is 12.0. The van der Waals surface area contributed by atoms with E-state index < -0.39 is 0 Å². The molecular formula is C15H22N4O. The highest BCUT2D eigenvalue weighted by Crippen LogP contribution is 2.18. The number of pyridine rings is 1. The highest BCUT2D eigenvalue weighted by atomic mass is 16.2. The van der Waals surface area contributed by atoms with Gasteiger partial charge in [0.05, 0.1) is 5.56 Å². The first-order valence-electron chi connectivity index (χ1n) is 7.48. The molecule has 3 rings (SSSR count). The van der Waals surface area contributed by atoms with Gasteiger partial charge >= 0.3 is 0 Å². The lowest BCUT2D eigenvalue weighted by Crippen LogP contribution is -2.51. The van der Waals surface area contributed by atoms with Crippen molar-refractivity contribution in [1.82, 2.24) is 15.2 Å². The summed E-state index contributed by atoms with van der Waals surface area (Å²) in [5.74, 6) is 1.09. The number of carbonyl (C=O) groups excluding carboxylic acids is 1. The highest BCUT2D eigenvalue weighted by molar-refractivity contribution is 5.94. The first-order chi connectivity index (χ1) is 9.74. The molecule has 0 unspecified atom stereocenters. The SMILES string of the molecule is C[C@@H]1CN(C(=O)c2ccc(N3CCCC3)nc2)CCN1. The van der Waals surface area contributed by atoms with Gasteiger partial charge in [-0.05, 0) is 31.9 Å². The van der Waals surface area contributed by atoms with Gasteiger partial charge in [0.2, 0.25) is 0 Å². The fraction of sp³-hybridized carbons (Fsp3) is 0.600. The molecule has 0 bridgehead atoms. The maximum Gasteiger partial charge on any atom is 0.255 e. The standard InChI is InChI=1S/C15H22N4O/c1-12-11-19(9-6-16-12)15(20)13-4-5-14(17-10-13)18-7-2-3-8-18/h4-5,10,12,16H,2-3,6-9,11H2,1H3/t12-/m1/s1. The van der Waals surface area contributed by atoms with Gasteiger partial charge in [0, 0.05) is 45.0 Å². The molecule has 1 amide bonds. The Morgan fingerprint density at radius 1 is 1.30 bits per heavy atom. The third-order valence-corrected chi connectivity index (χ3v) is 4.08. The molecule has 2 saturated heterocycles. The highest BCUT2D eigenvalue weighted by Gasteiger charge is 2.22. The van der Waals surface area contributed by atoms with Crippen LogP contribution in [0.25, 0.3) is 0 Å². The normalized spacial score (nSPS) is 23.1. The first kappa shape index (κ1) is 13.4. The van der Waals surface area contributed by atoms with Crippen LogP contribution in [0.15, 0.2) is 18.3 Å². The summed E-state index contributed by atoms with van der Waals surface area (Å²) in [6.07, 6.45) is 4.20. The number of nitrogens with zero attached hydrogens (tertiary/aromatic N) is 3. The molecule has 0 spiro atoms. The molecule has 0 saturated carbocycles. The number of nitrogens with one attached hydrogen (secondary N) is 1. The summed E-state index contributed by atoms with van der Waals surface area (Å²) in [5, 5.41) is 3.35. The van der Waals surface area contributed by atoms with Gasteiger partial charge in [-0.15, -0.1) is 0 Å². The van der Waals surface area contributed by atoms with E-state index in [1.165, 1.54) is 12.8 Å². The van der Waals surface area contributed by atoms with Crippen molar-refractivity contribution in [2.75, 3.05) is 37.6 Å². The molecule has 3 heterocycles. The average Bonchev–Trinajstić information content (AvgIpc) is 3.01. The first-order valence-corrected chi connectivity index (χ1v) is 7.48. The molecule has 2 aliphatic heterocycles. The zero-order chi connectivity index (χ0) is 13.9. The summed E-state index contributed by atoms with van der Waals surface area (Å²) in [5.41, 5.74) is 0.696. The van der Waals surface area contributed by atoms with Crippen LogP contribution in [0.4, 0.5) is 5.82 Å². The van der Waals surface area contributed by atoms with Crippen LogP contribution in [0.1, 0.15) is 30.1 Å². The van der Waals surface area contributed by atoms with Gasteiger partial charge in [0.25, 0.3) is 5.91 Å². The Labute approximate surface area is 120 Å². The summed E-state index contributed by atoms with van der Waals surface area (Å²) >= 11 is 0. The van der Waals surface area contributed by atoms with E-state index in [1.807, 2.05) is 17.0 Å². The van der Waals surface area contributed by atoms with Crippen LogP contribution in [0.3, 0.4) is 0 Å². The largest absolute Gasteiger partial charge is 0.357 e. The van der Waals surface area contributed by atoms with Gasteiger partial charge in [0.15, 0.2) is 0 Å². The van der Waals surface area contributed by atoms with E-state index in [0.717, 1.165) is 38.5 Å². The Morgan fingerprint density at radius 2 is 2.10 bits per heavy atom. The van der Waals surface area contributed by atoms with E-state index in [-0.39, 0.29) is 5.91 Å². The van der Waals surface area contributed by atoms with Gasteiger partial charge < -0.3 is 15.1 Å². The van der Waals surface area contributed by atoms with Crippen molar-refractivity contribution in [3.63, 3.8) is 0 Å². The second kappa shape index (κ2) is 5.79. The summed E-state index contributed by atoms with van der Waals surface area (Å²) < 4.78 is 0. The smallest absolute Gasteiger partial charge is 0.255 e. The Bertz CT molecular complexity index is 467. The van der Waals surface area contributed by atoms with Crippen molar-refractivity contribution >= 4 is 11.7 Å². The third kappa shape index (κ3) is 2.77. The number of hydrogen-bond donors (Lipinski definition) is 1. The van der Waals surface area contributed by atoms with Crippen molar-refractivity contribution in [2.24, 2.45) is 0 Å². The van der Waals surface area contributed by atoms with Crippen molar-refractivity contribution in [3.8, 4) is 0 Å². The molecule has 108 valence electrons. The van der Waals surface area contributed by atoms with Crippen LogP contribution in [-0.2, 0) is 0 Å². The Kier molecular flexibility index (Phi) is 3.87. The zero-order valence-electron chi connectivity index (χ0n) is 12.0. The molecule has 1 N–H and O–H groups in total. The van der Waals surface area contributed by atoms with Crippen molar-refractivity contribution in [1.29, 1.82) is 0 Å². The van der Waals surface area contributed by atoms with E-state index in [1.54, 1.807) is 6.20 Å². The van der Waals surface area contributed by atoms with Crippen LogP contribution in [0.5, 0.6) is 0 Å². The minimum absolute atomic E-state index is 0.0961. The number of hydrogen-bond acceptors (Lipinski definition) is 4. The molecule has 5 nitrogen and oxygen atoms in total. The fourth-order valence-electron chi connectivity index (χ4n) is 2.95. The molecule has 1 atom stereocenters. The molecule has 5 heteroatoms. The van der Waals surface area contributed by atoms with E-state index in [4.69, 9.17) is 0 Å². The van der Waals surface area contributed by atoms with E-state index >= 15 is 0 Å².